The van der Waals surface area contributed by atoms with E-state index in [0.717, 1.165) is 12.2 Å². The van der Waals surface area contributed by atoms with Crippen LogP contribution in [-0.2, 0) is 6.42 Å². The van der Waals surface area contributed by atoms with Gasteiger partial charge in [-0.1, -0.05) is 12.1 Å². The lowest BCUT2D eigenvalue weighted by atomic mass is 10.1. The van der Waals surface area contributed by atoms with E-state index in [1.807, 2.05) is 24.3 Å². The molecule has 8 heteroatoms. The summed E-state index contributed by atoms with van der Waals surface area (Å²) in [5, 5.41) is 3.29. The van der Waals surface area contributed by atoms with Crippen LogP contribution in [0.5, 0.6) is 11.6 Å². The fraction of sp³-hybridized carbons (Fsp3) is 0.111. The molecule has 0 aliphatic heterocycles. The number of aromatic nitrogens is 6. The molecule has 0 saturated heterocycles. The van der Waals surface area contributed by atoms with Gasteiger partial charge in [0.05, 0.1) is 6.20 Å². The summed E-state index contributed by atoms with van der Waals surface area (Å²) in [6, 6.07) is 7.86. The van der Waals surface area contributed by atoms with Gasteiger partial charge in [0.2, 0.25) is 5.88 Å². The molecular weight excluding hydrogens is 330 g/mol. The molecule has 1 N–H and O–H groups in total. The van der Waals surface area contributed by atoms with Crippen LogP contribution < -0.4 is 10.1 Å². The molecule has 4 rings (SSSR count). The Hall–Kier alpha value is -3.68. The van der Waals surface area contributed by atoms with Gasteiger partial charge in [0, 0.05) is 31.3 Å². The number of hydrogen-bond acceptors (Lipinski definition) is 8. The minimum absolute atomic E-state index is 0.471. The van der Waals surface area contributed by atoms with Crippen LogP contribution in [0.1, 0.15) is 5.56 Å². The van der Waals surface area contributed by atoms with E-state index in [-0.39, 0.29) is 0 Å². The predicted molar refractivity (Wildman–Crippen MR) is 95.9 cm³/mol. The van der Waals surface area contributed by atoms with Crippen molar-refractivity contribution in [1.82, 2.24) is 29.9 Å². The van der Waals surface area contributed by atoms with Crippen LogP contribution in [0.25, 0.3) is 11.2 Å². The number of anilines is 1. The van der Waals surface area contributed by atoms with Crippen LogP contribution >= 0.6 is 0 Å². The standard InChI is InChI=1S/C18H15N7O/c1-3-14(26-15-11-19-7-8-20-15)4-2-13(1)5-6-22-17-16-18(25-12-24-17)23-10-9-21-16/h1-4,7-12H,5-6H2,(H,22,23,24,25). The third kappa shape index (κ3) is 3.69. The highest BCUT2D eigenvalue weighted by atomic mass is 16.5. The highest BCUT2D eigenvalue weighted by Crippen LogP contribution is 2.19. The van der Waals surface area contributed by atoms with E-state index in [0.29, 0.717) is 29.4 Å². The minimum atomic E-state index is 0.471. The van der Waals surface area contributed by atoms with Gasteiger partial charge in [0.1, 0.15) is 17.6 Å². The van der Waals surface area contributed by atoms with Gasteiger partial charge < -0.3 is 10.1 Å². The third-order valence-corrected chi connectivity index (χ3v) is 3.66. The summed E-state index contributed by atoms with van der Waals surface area (Å²) < 4.78 is 5.63. The monoisotopic (exact) mass is 345 g/mol. The van der Waals surface area contributed by atoms with Crippen molar-refractivity contribution in [1.29, 1.82) is 0 Å². The van der Waals surface area contributed by atoms with Crippen molar-refractivity contribution in [3.8, 4) is 11.6 Å². The van der Waals surface area contributed by atoms with Gasteiger partial charge in [0.25, 0.3) is 0 Å². The van der Waals surface area contributed by atoms with Crippen LogP contribution in [0, 0.1) is 0 Å². The number of nitrogens with one attached hydrogen (secondary N) is 1. The van der Waals surface area contributed by atoms with E-state index < -0.39 is 0 Å². The summed E-state index contributed by atoms with van der Waals surface area (Å²) in [4.78, 5) is 24.9. The maximum atomic E-state index is 5.63. The average Bonchev–Trinajstić information content (AvgIpc) is 2.70. The van der Waals surface area contributed by atoms with Crippen molar-refractivity contribution in [2.45, 2.75) is 6.42 Å². The number of nitrogens with zero attached hydrogens (tertiary/aromatic N) is 6. The van der Waals surface area contributed by atoms with E-state index in [2.05, 4.69) is 35.2 Å². The Labute approximate surface area is 149 Å². The number of hydrogen-bond donors (Lipinski definition) is 1. The molecule has 3 aromatic heterocycles. The van der Waals surface area contributed by atoms with Crippen molar-refractivity contribution in [3.63, 3.8) is 0 Å². The van der Waals surface area contributed by atoms with Gasteiger partial charge in [-0.15, -0.1) is 0 Å². The summed E-state index contributed by atoms with van der Waals surface area (Å²) in [6.07, 6.45) is 10.3. The molecule has 0 bridgehead atoms. The number of rotatable bonds is 6. The normalized spacial score (nSPS) is 10.6. The van der Waals surface area contributed by atoms with E-state index in [9.17, 15) is 0 Å². The third-order valence-electron chi connectivity index (χ3n) is 3.66. The summed E-state index contributed by atoms with van der Waals surface area (Å²) >= 11 is 0. The smallest absolute Gasteiger partial charge is 0.237 e. The molecule has 0 fully saturated rings. The summed E-state index contributed by atoms with van der Waals surface area (Å²) in [7, 11) is 0. The Bertz CT molecular complexity index is 988. The van der Waals surface area contributed by atoms with Crippen LogP contribution in [0.15, 0.2) is 61.6 Å². The fourth-order valence-electron chi connectivity index (χ4n) is 2.43. The predicted octanol–water partition coefficient (Wildman–Crippen LogP) is 2.66. The molecule has 4 aromatic rings. The van der Waals surface area contributed by atoms with E-state index in [4.69, 9.17) is 4.74 Å². The zero-order chi connectivity index (χ0) is 17.6. The van der Waals surface area contributed by atoms with Crippen molar-refractivity contribution >= 4 is 17.0 Å². The lowest BCUT2D eigenvalue weighted by Gasteiger charge is -2.08. The van der Waals surface area contributed by atoms with Crippen LogP contribution in [0.3, 0.4) is 0 Å². The van der Waals surface area contributed by atoms with E-state index >= 15 is 0 Å². The first kappa shape index (κ1) is 15.8. The second-order valence-corrected chi connectivity index (χ2v) is 5.42. The summed E-state index contributed by atoms with van der Waals surface area (Å²) in [5.41, 5.74) is 2.42. The van der Waals surface area contributed by atoms with Crippen LogP contribution in [0.4, 0.5) is 5.82 Å². The number of fused-ring (bicyclic) bond motifs is 1. The quantitative estimate of drug-likeness (QED) is 0.569. The zero-order valence-corrected chi connectivity index (χ0v) is 13.8. The molecule has 26 heavy (non-hydrogen) atoms. The molecule has 0 atom stereocenters. The molecule has 0 radical (unpaired) electrons. The fourth-order valence-corrected chi connectivity index (χ4v) is 2.43. The summed E-state index contributed by atoms with van der Waals surface area (Å²) in [5.74, 6) is 1.88. The Morgan fingerprint density at radius 3 is 2.54 bits per heavy atom. The van der Waals surface area contributed by atoms with Gasteiger partial charge >= 0.3 is 0 Å². The first-order valence-corrected chi connectivity index (χ1v) is 8.07. The maximum Gasteiger partial charge on any atom is 0.237 e. The highest BCUT2D eigenvalue weighted by Gasteiger charge is 2.05. The zero-order valence-electron chi connectivity index (χ0n) is 13.8. The highest BCUT2D eigenvalue weighted by molar-refractivity contribution is 5.81. The molecular formula is C18H15N7O. The second-order valence-electron chi connectivity index (χ2n) is 5.42. The van der Waals surface area contributed by atoms with Gasteiger partial charge in [-0.25, -0.2) is 24.9 Å². The molecule has 0 spiro atoms. The van der Waals surface area contributed by atoms with Crippen LogP contribution in [0.2, 0.25) is 0 Å². The van der Waals surface area contributed by atoms with Gasteiger partial charge in [-0.3, -0.25) is 4.98 Å². The molecule has 128 valence electrons. The van der Waals surface area contributed by atoms with Crippen LogP contribution in [-0.4, -0.2) is 36.4 Å². The Balaban J connectivity index is 1.36. The Morgan fingerprint density at radius 1 is 0.846 bits per heavy atom. The minimum Gasteiger partial charge on any atom is -0.438 e. The van der Waals surface area contributed by atoms with Gasteiger partial charge in [-0.2, -0.15) is 0 Å². The lowest BCUT2D eigenvalue weighted by Crippen LogP contribution is -2.08. The van der Waals surface area contributed by atoms with E-state index in [1.165, 1.54) is 11.9 Å². The molecule has 0 aliphatic rings. The lowest BCUT2D eigenvalue weighted by molar-refractivity contribution is 0.460. The van der Waals surface area contributed by atoms with Crippen molar-refractivity contribution in [2.75, 3.05) is 11.9 Å². The molecule has 1 aromatic carbocycles. The Kier molecular flexibility index (Phi) is 4.55. The first-order chi connectivity index (χ1) is 12.9. The Morgan fingerprint density at radius 2 is 1.69 bits per heavy atom. The molecule has 0 amide bonds. The van der Waals surface area contributed by atoms with Gasteiger partial charge in [-0.05, 0) is 24.1 Å². The average molecular weight is 345 g/mol. The molecule has 3 heterocycles. The molecule has 8 nitrogen and oxygen atoms in total. The molecule has 0 saturated carbocycles. The van der Waals surface area contributed by atoms with Gasteiger partial charge in [0.15, 0.2) is 11.5 Å². The SMILES string of the molecule is c1cnc(Oc2ccc(CCNc3ncnc4nccnc34)cc2)cn1. The number of ether oxygens (including phenoxy) is 1. The second kappa shape index (κ2) is 7.47. The largest absolute Gasteiger partial charge is 0.438 e. The number of benzene rings is 1. The van der Waals surface area contributed by atoms with Crippen molar-refractivity contribution < 1.29 is 4.74 Å². The molecule has 0 unspecified atom stereocenters. The maximum absolute atomic E-state index is 5.63. The first-order valence-electron chi connectivity index (χ1n) is 8.07. The molecule has 0 aliphatic carbocycles. The topological polar surface area (TPSA) is 98.6 Å². The van der Waals surface area contributed by atoms with E-state index in [1.54, 1.807) is 31.0 Å². The van der Waals surface area contributed by atoms with Crippen molar-refractivity contribution in [3.05, 3.63) is 67.1 Å². The van der Waals surface area contributed by atoms with Crippen molar-refractivity contribution in [2.24, 2.45) is 0 Å². The summed E-state index contributed by atoms with van der Waals surface area (Å²) in [6.45, 7) is 0.715.